The number of pyridine rings is 1. The van der Waals surface area contributed by atoms with Crippen molar-refractivity contribution in [2.45, 2.75) is 46.0 Å². The topological polar surface area (TPSA) is 16.1 Å². The Morgan fingerprint density at radius 3 is 2.40 bits per heavy atom. The summed E-state index contributed by atoms with van der Waals surface area (Å²) in [5.74, 6) is 1.16. The first-order valence-corrected chi connectivity index (χ1v) is 7.62. The zero-order valence-electron chi connectivity index (χ0n) is 13.0. The minimum Gasteiger partial charge on any atom is -0.357 e. The summed E-state index contributed by atoms with van der Waals surface area (Å²) >= 11 is 0. The molecule has 0 unspecified atom stereocenters. The van der Waals surface area contributed by atoms with E-state index < -0.39 is 0 Å². The van der Waals surface area contributed by atoms with E-state index in [4.69, 9.17) is 4.98 Å². The summed E-state index contributed by atoms with van der Waals surface area (Å²) in [6.45, 7) is 11.2. The molecule has 0 atom stereocenters. The number of aryl methyl sites for hydroxylation is 1. The van der Waals surface area contributed by atoms with Gasteiger partial charge in [-0.3, -0.25) is 0 Å². The molecular formula is C18H24N2. The number of hydrogen-bond donors (Lipinski definition) is 0. The van der Waals surface area contributed by atoms with Crippen LogP contribution in [0.4, 0.5) is 5.82 Å². The maximum atomic E-state index is 5.01. The van der Waals surface area contributed by atoms with Gasteiger partial charge in [-0.15, -0.1) is 0 Å². The number of aromatic nitrogens is 1. The molecule has 3 rings (SSSR count). The van der Waals surface area contributed by atoms with Gasteiger partial charge in [-0.1, -0.05) is 44.5 Å². The third-order valence-corrected chi connectivity index (χ3v) is 4.11. The predicted molar refractivity (Wildman–Crippen MR) is 86.6 cm³/mol. The quantitative estimate of drug-likeness (QED) is 0.760. The van der Waals surface area contributed by atoms with Gasteiger partial charge in [-0.05, 0) is 31.2 Å². The molecule has 0 amide bonds. The Morgan fingerprint density at radius 2 is 1.75 bits per heavy atom. The monoisotopic (exact) mass is 268 g/mol. The number of rotatable bonds is 1. The Bertz CT molecular complexity index is 632. The molecule has 1 aromatic carbocycles. The molecule has 0 saturated carbocycles. The Labute approximate surface area is 121 Å². The van der Waals surface area contributed by atoms with Crippen LogP contribution in [0.15, 0.2) is 24.3 Å². The lowest BCUT2D eigenvalue weighted by Crippen LogP contribution is -2.22. The van der Waals surface area contributed by atoms with Gasteiger partial charge in [0.2, 0.25) is 0 Å². The summed E-state index contributed by atoms with van der Waals surface area (Å²) in [6, 6.07) is 8.97. The molecule has 106 valence electrons. The molecule has 1 aliphatic rings. The van der Waals surface area contributed by atoms with E-state index in [9.17, 15) is 0 Å². The van der Waals surface area contributed by atoms with Crippen molar-refractivity contribution in [3.05, 3.63) is 35.5 Å². The number of nitrogens with zero attached hydrogens (tertiary/aromatic N) is 2. The number of hydrogen-bond acceptors (Lipinski definition) is 2. The molecule has 0 N–H and O–H groups in total. The Kier molecular flexibility index (Phi) is 3.19. The largest absolute Gasteiger partial charge is 0.357 e. The van der Waals surface area contributed by atoms with E-state index in [2.05, 4.69) is 56.9 Å². The first-order chi connectivity index (χ1) is 9.45. The van der Waals surface area contributed by atoms with Gasteiger partial charge in [0.15, 0.2) is 0 Å². The van der Waals surface area contributed by atoms with Crippen molar-refractivity contribution in [1.29, 1.82) is 0 Å². The van der Waals surface area contributed by atoms with Gasteiger partial charge in [0, 0.05) is 23.9 Å². The summed E-state index contributed by atoms with van der Waals surface area (Å²) in [4.78, 5) is 7.44. The van der Waals surface area contributed by atoms with Crippen LogP contribution in [0.25, 0.3) is 10.8 Å². The normalized spacial score (nSPS) is 16.1. The van der Waals surface area contributed by atoms with Crippen LogP contribution < -0.4 is 4.90 Å². The fraction of sp³-hybridized carbons (Fsp3) is 0.500. The van der Waals surface area contributed by atoms with Crippen molar-refractivity contribution in [2.24, 2.45) is 0 Å². The molecule has 0 aliphatic carbocycles. The Morgan fingerprint density at radius 1 is 1.05 bits per heavy atom. The summed E-state index contributed by atoms with van der Waals surface area (Å²) in [7, 11) is 0. The fourth-order valence-electron chi connectivity index (χ4n) is 3.04. The second-order valence-corrected chi connectivity index (χ2v) is 7.00. The minimum absolute atomic E-state index is 0.0727. The summed E-state index contributed by atoms with van der Waals surface area (Å²) in [5, 5.41) is 2.62. The summed E-state index contributed by atoms with van der Waals surface area (Å²) < 4.78 is 0. The van der Waals surface area contributed by atoms with Gasteiger partial charge in [-0.2, -0.15) is 0 Å². The van der Waals surface area contributed by atoms with Crippen molar-refractivity contribution < 1.29 is 0 Å². The maximum absolute atomic E-state index is 5.01. The lowest BCUT2D eigenvalue weighted by atomic mass is 9.88. The first kappa shape index (κ1) is 13.4. The summed E-state index contributed by atoms with van der Waals surface area (Å²) in [6.07, 6.45) is 2.58. The van der Waals surface area contributed by atoms with E-state index in [1.54, 1.807) is 0 Å². The molecule has 1 saturated heterocycles. The molecule has 0 spiro atoms. The molecular weight excluding hydrogens is 244 g/mol. The first-order valence-electron chi connectivity index (χ1n) is 7.62. The summed E-state index contributed by atoms with van der Waals surface area (Å²) in [5.41, 5.74) is 2.61. The van der Waals surface area contributed by atoms with Crippen LogP contribution in [0.5, 0.6) is 0 Å². The lowest BCUT2D eigenvalue weighted by molar-refractivity contribution is 0.575. The SMILES string of the molecule is Cc1ccc2c(C(C)(C)C)nc(N3CCCC3)cc2c1. The lowest BCUT2D eigenvalue weighted by Gasteiger charge is -2.24. The van der Waals surface area contributed by atoms with Crippen LogP contribution >= 0.6 is 0 Å². The van der Waals surface area contributed by atoms with Crippen LogP contribution in [-0.2, 0) is 5.41 Å². The zero-order chi connectivity index (χ0) is 14.3. The van der Waals surface area contributed by atoms with Crippen LogP contribution in [0, 0.1) is 6.92 Å². The minimum atomic E-state index is 0.0727. The molecule has 0 radical (unpaired) electrons. The number of benzene rings is 1. The van der Waals surface area contributed by atoms with Gasteiger partial charge >= 0.3 is 0 Å². The van der Waals surface area contributed by atoms with Gasteiger partial charge in [-0.25, -0.2) is 4.98 Å². The molecule has 0 bridgehead atoms. The van der Waals surface area contributed by atoms with E-state index in [0.29, 0.717) is 0 Å². The highest BCUT2D eigenvalue weighted by atomic mass is 15.2. The smallest absolute Gasteiger partial charge is 0.129 e. The molecule has 20 heavy (non-hydrogen) atoms. The van der Waals surface area contributed by atoms with Crippen molar-refractivity contribution >= 4 is 16.6 Å². The van der Waals surface area contributed by atoms with Crippen molar-refractivity contribution in [2.75, 3.05) is 18.0 Å². The fourth-order valence-corrected chi connectivity index (χ4v) is 3.04. The van der Waals surface area contributed by atoms with Crippen LogP contribution in [0.1, 0.15) is 44.9 Å². The standard InChI is InChI=1S/C18H24N2/c1-13-7-8-15-14(11-13)12-16(20-9-5-6-10-20)19-17(15)18(2,3)4/h7-8,11-12H,5-6,9-10H2,1-4H3. The van der Waals surface area contributed by atoms with Gasteiger partial charge in [0.25, 0.3) is 0 Å². The van der Waals surface area contributed by atoms with Gasteiger partial charge in [0.05, 0.1) is 5.69 Å². The van der Waals surface area contributed by atoms with E-state index in [-0.39, 0.29) is 5.41 Å². The molecule has 1 fully saturated rings. The number of anilines is 1. The van der Waals surface area contributed by atoms with E-state index >= 15 is 0 Å². The maximum Gasteiger partial charge on any atom is 0.129 e. The average Bonchev–Trinajstić information content (AvgIpc) is 2.89. The molecule has 1 aliphatic heterocycles. The highest BCUT2D eigenvalue weighted by Crippen LogP contribution is 2.32. The zero-order valence-corrected chi connectivity index (χ0v) is 13.0. The highest BCUT2D eigenvalue weighted by molar-refractivity contribution is 5.88. The molecule has 2 heteroatoms. The molecule has 1 aromatic heterocycles. The highest BCUT2D eigenvalue weighted by Gasteiger charge is 2.22. The molecule has 2 nitrogen and oxygen atoms in total. The third kappa shape index (κ3) is 2.39. The predicted octanol–water partition coefficient (Wildman–Crippen LogP) is 4.44. The van der Waals surface area contributed by atoms with Crippen LogP contribution in [0.2, 0.25) is 0 Å². The third-order valence-electron chi connectivity index (χ3n) is 4.11. The van der Waals surface area contributed by atoms with Gasteiger partial charge in [0.1, 0.15) is 5.82 Å². The van der Waals surface area contributed by atoms with Crippen molar-refractivity contribution in [1.82, 2.24) is 4.98 Å². The molecule has 2 heterocycles. The van der Waals surface area contributed by atoms with E-state index in [1.807, 2.05) is 0 Å². The second kappa shape index (κ2) is 4.76. The molecule has 2 aromatic rings. The van der Waals surface area contributed by atoms with Crippen molar-refractivity contribution in [3.63, 3.8) is 0 Å². The average molecular weight is 268 g/mol. The van der Waals surface area contributed by atoms with Crippen molar-refractivity contribution in [3.8, 4) is 0 Å². The van der Waals surface area contributed by atoms with E-state index in [0.717, 1.165) is 18.9 Å². The van der Waals surface area contributed by atoms with E-state index in [1.165, 1.54) is 34.9 Å². The number of fused-ring (bicyclic) bond motifs is 1. The van der Waals surface area contributed by atoms with Gasteiger partial charge < -0.3 is 4.90 Å². The Balaban J connectivity index is 2.22. The second-order valence-electron chi connectivity index (χ2n) is 7.00. The van der Waals surface area contributed by atoms with Crippen LogP contribution in [0.3, 0.4) is 0 Å². The van der Waals surface area contributed by atoms with Crippen LogP contribution in [-0.4, -0.2) is 18.1 Å². The Hall–Kier alpha value is -1.57.